The van der Waals surface area contributed by atoms with Gasteiger partial charge < -0.3 is 19.5 Å². The Morgan fingerprint density at radius 2 is 1.83 bits per heavy atom. The van der Waals surface area contributed by atoms with Crippen LogP contribution in [0.2, 0.25) is 0 Å². The number of rotatable bonds is 10. The van der Waals surface area contributed by atoms with Gasteiger partial charge in [-0.3, -0.25) is 4.90 Å². The summed E-state index contributed by atoms with van der Waals surface area (Å²) < 4.78 is 16.3. The minimum absolute atomic E-state index is 0.108. The summed E-state index contributed by atoms with van der Waals surface area (Å²) in [5.74, 6) is 0. The van der Waals surface area contributed by atoms with Gasteiger partial charge in [-0.1, -0.05) is 0 Å². The third kappa shape index (κ3) is 7.28. The van der Waals surface area contributed by atoms with Crippen LogP contribution in [0.25, 0.3) is 0 Å². The highest BCUT2D eigenvalue weighted by Gasteiger charge is 2.10. The first-order valence-corrected chi connectivity index (χ1v) is 7.10. The fourth-order valence-electron chi connectivity index (χ4n) is 2.01. The van der Waals surface area contributed by atoms with E-state index in [1.165, 1.54) is 0 Å². The third-order valence-electron chi connectivity index (χ3n) is 2.95. The average molecular weight is 260 g/mol. The fraction of sp³-hybridized carbons (Fsp3) is 1.00. The van der Waals surface area contributed by atoms with E-state index < -0.39 is 0 Å². The molecule has 1 aliphatic heterocycles. The molecule has 1 aliphatic rings. The summed E-state index contributed by atoms with van der Waals surface area (Å²) in [7, 11) is 0. The van der Waals surface area contributed by atoms with E-state index in [1.807, 2.05) is 13.8 Å². The molecule has 18 heavy (non-hydrogen) atoms. The number of hydrogen-bond acceptors (Lipinski definition) is 5. The predicted octanol–water partition coefficient (Wildman–Crippen LogP) is 0.697. The van der Waals surface area contributed by atoms with Gasteiger partial charge in [0.1, 0.15) is 0 Å². The number of ether oxygens (including phenoxy) is 3. The van der Waals surface area contributed by atoms with Gasteiger partial charge in [0.25, 0.3) is 0 Å². The highest BCUT2D eigenvalue weighted by atomic mass is 16.7. The lowest BCUT2D eigenvalue weighted by Gasteiger charge is -2.26. The molecular formula is C13H28N2O3. The monoisotopic (exact) mass is 260 g/mol. The molecule has 1 saturated heterocycles. The summed E-state index contributed by atoms with van der Waals surface area (Å²) in [5.41, 5.74) is 0. The fourth-order valence-corrected chi connectivity index (χ4v) is 2.01. The van der Waals surface area contributed by atoms with Crippen LogP contribution in [-0.4, -0.2) is 70.3 Å². The normalized spacial score (nSPS) is 17.5. The molecule has 0 atom stereocenters. The zero-order valence-electron chi connectivity index (χ0n) is 11.8. The number of morpholine rings is 1. The standard InChI is InChI=1S/C13H28N2O3/c1-3-17-13(18-4-2)12-14-6-5-7-15-8-10-16-11-9-15/h13-14H,3-12H2,1-2H3. The van der Waals surface area contributed by atoms with Crippen LogP contribution in [-0.2, 0) is 14.2 Å². The van der Waals surface area contributed by atoms with Crippen molar-refractivity contribution in [1.29, 1.82) is 0 Å². The Kier molecular flexibility index (Phi) is 9.42. The van der Waals surface area contributed by atoms with E-state index in [0.717, 1.165) is 52.4 Å². The Morgan fingerprint density at radius 1 is 1.17 bits per heavy atom. The van der Waals surface area contributed by atoms with Crippen molar-refractivity contribution in [2.45, 2.75) is 26.6 Å². The largest absolute Gasteiger partial charge is 0.379 e. The molecule has 1 heterocycles. The van der Waals surface area contributed by atoms with Gasteiger partial charge >= 0.3 is 0 Å². The summed E-state index contributed by atoms with van der Waals surface area (Å²) in [6, 6.07) is 0. The Hall–Kier alpha value is -0.200. The molecular weight excluding hydrogens is 232 g/mol. The van der Waals surface area contributed by atoms with Crippen LogP contribution in [0.15, 0.2) is 0 Å². The molecule has 108 valence electrons. The summed E-state index contributed by atoms with van der Waals surface area (Å²) in [4.78, 5) is 2.45. The van der Waals surface area contributed by atoms with Crippen LogP contribution in [0.3, 0.4) is 0 Å². The van der Waals surface area contributed by atoms with Crippen LogP contribution in [0, 0.1) is 0 Å². The first-order valence-electron chi connectivity index (χ1n) is 7.10. The zero-order valence-corrected chi connectivity index (χ0v) is 11.8. The van der Waals surface area contributed by atoms with Gasteiger partial charge in [-0.15, -0.1) is 0 Å². The molecule has 0 aromatic rings. The molecule has 0 aromatic carbocycles. The number of nitrogens with zero attached hydrogens (tertiary/aromatic N) is 1. The topological polar surface area (TPSA) is 43.0 Å². The van der Waals surface area contributed by atoms with Gasteiger partial charge in [0, 0.05) is 32.8 Å². The van der Waals surface area contributed by atoms with E-state index in [-0.39, 0.29) is 6.29 Å². The van der Waals surface area contributed by atoms with Crippen LogP contribution in [0.5, 0.6) is 0 Å². The van der Waals surface area contributed by atoms with Crippen molar-refractivity contribution in [3.63, 3.8) is 0 Å². The maximum Gasteiger partial charge on any atom is 0.169 e. The summed E-state index contributed by atoms with van der Waals surface area (Å²) in [6.07, 6.45) is 1.05. The van der Waals surface area contributed by atoms with Crippen molar-refractivity contribution in [3.8, 4) is 0 Å². The van der Waals surface area contributed by atoms with Crippen molar-refractivity contribution >= 4 is 0 Å². The second kappa shape index (κ2) is 10.7. The van der Waals surface area contributed by atoms with E-state index in [2.05, 4.69) is 10.2 Å². The highest BCUT2D eigenvalue weighted by molar-refractivity contribution is 4.62. The van der Waals surface area contributed by atoms with Gasteiger partial charge in [-0.2, -0.15) is 0 Å². The maximum absolute atomic E-state index is 5.47. The maximum atomic E-state index is 5.47. The lowest BCUT2D eigenvalue weighted by Crippen LogP contribution is -2.38. The second-order valence-corrected chi connectivity index (χ2v) is 4.35. The van der Waals surface area contributed by atoms with Gasteiger partial charge in [-0.25, -0.2) is 0 Å². The minimum atomic E-state index is -0.108. The lowest BCUT2D eigenvalue weighted by atomic mass is 10.3. The predicted molar refractivity (Wildman–Crippen MR) is 71.8 cm³/mol. The van der Waals surface area contributed by atoms with Gasteiger partial charge in [-0.05, 0) is 33.4 Å². The third-order valence-corrected chi connectivity index (χ3v) is 2.95. The van der Waals surface area contributed by atoms with Crippen LogP contribution in [0.1, 0.15) is 20.3 Å². The first-order chi connectivity index (χ1) is 8.86. The molecule has 5 heteroatoms. The molecule has 0 amide bonds. The molecule has 0 aliphatic carbocycles. The molecule has 1 N–H and O–H groups in total. The quantitative estimate of drug-likeness (QED) is 0.462. The van der Waals surface area contributed by atoms with E-state index in [9.17, 15) is 0 Å². The van der Waals surface area contributed by atoms with Gasteiger partial charge in [0.15, 0.2) is 6.29 Å². The Labute approximate surface area is 111 Å². The summed E-state index contributed by atoms with van der Waals surface area (Å²) >= 11 is 0. The second-order valence-electron chi connectivity index (χ2n) is 4.35. The van der Waals surface area contributed by atoms with Crippen molar-refractivity contribution in [2.24, 2.45) is 0 Å². The molecule has 1 fully saturated rings. The summed E-state index contributed by atoms with van der Waals surface area (Å²) in [6.45, 7) is 12.2. The smallest absolute Gasteiger partial charge is 0.169 e. The van der Waals surface area contributed by atoms with Crippen molar-refractivity contribution in [2.75, 3.05) is 59.2 Å². The Balaban J connectivity index is 1.95. The SMILES string of the molecule is CCOC(CNCCCN1CCOCC1)OCC. The molecule has 0 spiro atoms. The van der Waals surface area contributed by atoms with Gasteiger partial charge in [0.05, 0.1) is 13.2 Å². The highest BCUT2D eigenvalue weighted by Crippen LogP contribution is 1.98. The molecule has 0 bridgehead atoms. The molecule has 5 nitrogen and oxygen atoms in total. The van der Waals surface area contributed by atoms with E-state index in [0.29, 0.717) is 13.2 Å². The minimum Gasteiger partial charge on any atom is -0.379 e. The van der Waals surface area contributed by atoms with Crippen molar-refractivity contribution < 1.29 is 14.2 Å². The number of hydrogen-bond donors (Lipinski definition) is 1. The molecule has 0 saturated carbocycles. The molecule has 0 aromatic heterocycles. The van der Waals surface area contributed by atoms with E-state index in [1.54, 1.807) is 0 Å². The first kappa shape index (κ1) is 15.9. The summed E-state index contributed by atoms with van der Waals surface area (Å²) in [5, 5.41) is 3.39. The zero-order chi connectivity index (χ0) is 13.1. The average Bonchev–Trinajstić information content (AvgIpc) is 2.40. The number of nitrogens with one attached hydrogen (secondary N) is 1. The molecule has 1 rings (SSSR count). The van der Waals surface area contributed by atoms with Crippen LogP contribution >= 0.6 is 0 Å². The van der Waals surface area contributed by atoms with E-state index in [4.69, 9.17) is 14.2 Å². The van der Waals surface area contributed by atoms with Crippen molar-refractivity contribution in [1.82, 2.24) is 10.2 Å². The van der Waals surface area contributed by atoms with E-state index >= 15 is 0 Å². The molecule has 0 radical (unpaired) electrons. The lowest BCUT2D eigenvalue weighted by molar-refractivity contribution is -0.132. The van der Waals surface area contributed by atoms with Crippen LogP contribution in [0.4, 0.5) is 0 Å². The van der Waals surface area contributed by atoms with Crippen LogP contribution < -0.4 is 5.32 Å². The van der Waals surface area contributed by atoms with Gasteiger partial charge in [0.2, 0.25) is 0 Å². The molecule has 0 unspecified atom stereocenters. The van der Waals surface area contributed by atoms with Crippen molar-refractivity contribution in [3.05, 3.63) is 0 Å². The Morgan fingerprint density at radius 3 is 2.44 bits per heavy atom. The Bertz CT molecular complexity index is 181.